The quantitative estimate of drug-likeness (QED) is 0.625. The average Bonchev–Trinajstić information content (AvgIpc) is 2.69. The van der Waals surface area contributed by atoms with Crippen molar-refractivity contribution < 1.29 is 9.47 Å². The van der Waals surface area contributed by atoms with Gasteiger partial charge in [0.2, 0.25) is 0 Å². The van der Waals surface area contributed by atoms with E-state index in [2.05, 4.69) is 61.5 Å². The van der Waals surface area contributed by atoms with Crippen molar-refractivity contribution in [2.75, 3.05) is 13.2 Å². The molecule has 0 amide bonds. The molecule has 3 aromatic carbocycles. The second-order valence-electron chi connectivity index (χ2n) is 6.19. The molecule has 1 radical (unpaired) electrons. The van der Waals surface area contributed by atoms with Crippen LogP contribution in [-0.2, 0) is 6.42 Å². The lowest BCUT2D eigenvalue weighted by atomic mass is 9.90. The van der Waals surface area contributed by atoms with E-state index in [1.165, 1.54) is 0 Å². The summed E-state index contributed by atoms with van der Waals surface area (Å²) in [6.45, 7) is 3.35. The molecule has 0 saturated carbocycles. The number of fused-ring (bicyclic) bond motifs is 1. The topological polar surface area (TPSA) is 18.5 Å². The van der Waals surface area contributed by atoms with Crippen LogP contribution in [0.25, 0.3) is 22.3 Å². The van der Waals surface area contributed by atoms with Gasteiger partial charge in [-0.25, -0.2) is 0 Å². The monoisotopic (exact) mass is 329 g/mol. The van der Waals surface area contributed by atoms with Gasteiger partial charge in [-0.15, -0.1) is 0 Å². The minimum absolute atomic E-state index is 0.580. The van der Waals surface area contributed by atoms with Gasteiger partial charge in [-0.2, -0.15) is 0 Å². The van der Waals surface area contributed by atoms with Crippen molar-refractivity contribution >= 4 is 0 Å². The third-order valence-electron chi connectivity index (χ3n) is 4.43. The first-order chi connectivity index (χ1) is 12.4. The van der Waals surface area contributed by atoms with E-state index in [1.807, 2.05) is 12.1 Å². The third-order valence-corrected chi connectivity index (χ3v) is 4.43. The Morgan fingerprint density at radius 3 is 2.04 bits per heavy atom. The maximum Gasteiger partial charge on any atom is 0.170 e. The molecule has 0 spiro atoms. The Kier molecular flexibility index (Phi) is 4.43. The summed E-state index contributed by atoms with van der Waals surface area (Å²) >= 11 is 0. The number of aryl methyl sites for hydroxylation is 1. The van der Waals surface area contributed by atoms with E-state index in [9.17, 15) is 0 Å². The fourth-order valence-corrected chi connectivity index (χ4v) is 3.34. The zero-order chi connectivity index (χ0) is 17.1. The van der Waals surface area contributed by atoms with Gasteiger partial charge in [0.25, 0.3) is 0 Å². The molecule has 4 rings (SSSR count). The lowest BCUT2D eigenvalue weighted by Gasteiger charge is -2.26. The van der Waals surface area contributed by atoms with Crippen molar-refractivity contribution in [1.82, 2.24) is 0 Å². The van der Waals surface area contributed by atoms with Crippen molar-refractivity contribution in [3.8, 4) is 33.8 Å². The number of rotatable bonds is 4. The maximum atomic E-state index is 6.11. The van der Waals surface area contributed by atoms with E-state index in [0.29, 0.717) is 13.2 Å². The molecule has 0 N–H and O–H groups in total. The predicted molar refractivity (Wildman–Crippen MR) is 101 cm³/mol. The van der Waals surface area contributed by atoms with Crippen LogP contribution in [0.15, 0.2) is 60.7 Å². The molecule has 1 aliphatic rings. The first kappa shape index (κ1) is 15.8. The minimum Gasteiger partial charge on any atom is -0.486 e. The van der Waals surface area contributed by atoms with E-state index in [-0.39, 0.29) is 0 Å². The Balaban J connectivity index is 2.02. The largest absolute Gasteiger partial charge is 0.486 e. The van der Waals surface area contributed by atoms with Gasteiger partial charge in [-0.3, -0.25) is 0 Å². The van der Waals surface area contributed by atoms with Crippen molar-refractivity contribution in [1.29, 1.82) is 0 Å². The van der Waals surface area contributed by atoms with Crippen molar-refractivity contribution in [2.45, 2.75) is 19.8 Å². The summed E-state index contributed by atoms with van der Waals surface area (Å²) in [6, 6.07) is 24.5. The molecule has 0 atom stereocenters. The second kappa shape index (κ2) is 7.02. The van der Waals surface area contributed by atoms with Crippen molar-refractivity contribution in [3.05, 3.63) is 72.3 Å². The molecule has 25 heavy (non-hydrogen) atoms. The average molecular weight is 329 g/mol. The molecule has 0 fully saturated rings. The molecule has 125 valence electrons. The summed E-state index contributed by atoms with van der Waals surface area (Å²) in [7, 11) is 0. The van der Waals surface area contributed by atoms with Crippen LogP contribution in [0.3, 0.4) is 0 Å². The molecule has 3 aromatic rings. The highest BCUT2D eigenvalue weighted by Gasteiger charge is 2.25. The number of hydrogen-bond donors (Lipinski definition) is 0. The molecule has 0 aliphatic carbocycles. The van der Waals surface area contributed by atoms with Gasteiger partial charge in [0.15, 0.2) is 11.5 Å². The maximum absolute atomic E-state index is 6.11. The molecular weight excluding hydrogens is 308 g/mol. The van der Waals surface area contributed by atoms with E-state index in [1.54, 1.807) is 0 Å². The molecule has 1 aliphatic heterocycles. The number of benzene rings is 3. The lowest BCUT2D eigenvalue weighted by Crippen LogP contribution is -2.18. The van der Waals surface area contributed by atoms with E-state index in [0.717, 1.165) is 52.2 Å². The normalized spacial score (nSPS) is 12.8. The molecule has 0 bridgehead atoms. The van der Waals surface area contributed by atoms with Crippen LogP contribution in [0.5, 0.6) is 11.5 Å². The van der Waals surface area contributed by atoms with Gasteiger partial charge in [0, 0.05) is 16.7 Å². The van der Waals surface area contributed by atoms with Crippen LogP contribution in [0.2, 0.25) is 0 Å². The minimum atomic E-state index is 0.580. The van der Waals surface area contributed by atoms with Gasteiger partial charge < -0.3 is 9.47 Å². The summed E-state index contributed by atoms with van der Waals surface area (Å²) < 4.78 is 12.1. The first-order valence-corrected chi connectivity index (χ1v) is 8.87. The van der Waals surface area contributed by atoms with E-state index >= 15 is 0 Å². The fraction of sp³-hybridized carbons (Fsp3) is 0.217. The van der Waals surface area contributed by atoms with Crippen LogP contribution in [-0.4, -0.2) is 13.2 Å². The standard InChI is InChI=1S/C23H21O2/c1-2-9-19-16-20(17-10-5-3-6-11-17)21(18-12-7-4-8-13-18)23-22(19)24-14-15-25-23/h3-8,10-13H,2,9,14-15H2,1H3. The van der Waals surface area contributed by atoms with E-state index in [4.69, 9.17) is 9.47 Å². The van der Waals surface area contributed by atoms with Crippen LogP contribution < -0.4 is 9.47 Å². The first-order valence-electron chi connectivity index (χ1n) is 8.87. The van der Waals surface area contributed by atoms with Crippen LogP contribution in [0.4, 0.5) is 0 Å². The SMILES string of the molecule is CCCc1[c]c(-c2ccccc2)c(-c2ccccc2)c2c1OCCO2. The van der Waals surface area contributed by atoms with Crippen LogP contribution >= 0.6 is 0 Å². The van der Waals surface area contributed by atoms with E-state index < -0.39 is 0 Å². The molecule has 0 unspecified atom stereocenters. The van der Waals surface area contributed by atoms with Crippen LogP contribution in [0.1, 0.15) is 18.9 Å². The zero-order valence-corrected chi connectivity index (χ0v) is 14.4. The highest BCUT2D eigenvalue weighted by atomic mass is 16.6. The zero-order valence-electron chi connectivity index (χ0n) is 14.4. The predicted octanol–water partition coefficient (Wildman–Crippen LogP) is 5.54. The van der Waals surface area contributed by atoms with Crippen LogP contribution in [0, 0.1) is 6.07 Å². The highest BCUT2D eigenvalue weighted by molar-refractivity contribution is 5.90. The molecule has 2 nitrogen and oxygen atoms in total. The third kappa shape index (κ3) is 3.00. The Morgan fingerprint density at radius 2 is 1.40 bits per heavy atom. The molecule has 0 saturated heterocycles. The Hall–Kier alpha value is -2.74. The number of hydrogen-bond acceptors (Lipinski definition) is 2. The Labute approximate surface area is 149 Å². The lowest BCUT2D eigenvalue weighted by molar-refractivity contribution is 0.171. The van der Waals surface area contributed by atoms with Gasteiger partial charge in [0.05, 0.1) is 0 Å². The molecular formula is C23H21O2. The summed E-state index contributed by atoms with van der Waals surface area (Å²) in [5.41, 5.74) is 5.54. The smallest absolute Gasteiger partial charge is 0.170 e. The van der Waals surface area contributed by atoms with Gasteiger partial charge >= 0.3 is 0 Å². The fourth-order valence-electron chi connectivity index (χ4n) is 3.34. The highest BCUT2D eigenvalue weighted by Crippen LogP contribution is 2.48. The Morgan fingerprint density at radius 1 is 0.800 bits per heavy atom. The van der Waals surface area contributed by atoms with Gasteiger partial charge in [-0.1, -0.05) is 74.0 Å². The van der Waals surface area contributed by atoms with Gasteiger partial charge in [0.1, 0.15) is 13.2 Å². The summed E-state index contributed by atoms with van der Waals surface area (Å²) in [4.78, 5) is 0. The number of ether oxygens (including phenoxy) is 2. The molecule has 2 heteroatoms. The molecule has 0 aromatic heterocycles. The Bertz CT molecular complexity index is 854. The second-order valence-corrected chi connectivity index (χ2v) is 6.19. The van der Waals surface area contributed by atoms with Crippen molar-refractivity contribution in [3.63, 3.8) is 0 Å². The van der Waals surface area contributed by atoms with Gasteiger partial charge in [-0.05, 0) is 23.6 Å². The van der Waals surface area contributed by atoms with Crippen molar-refractivity contribution in [2.24, 2.45) is 0 Å². The summed E-state index contributed by atoms with van der Waals surface area (Å²) in [6.07, 6.45) is 1.98. The molecule has 1 heterocycles. The summed E-state index contributed by atoms with van der Waals surface area (Å²) in [5.74, 6) is 1.73. The summed E-state index contributed by atoms with van der Waals surface area (Å²) in [5, 5.41) is 0.